The summed E-state index contributed by atoms with van der Waals surface area (Å²) in [4.78, 5) is 34.8. The van der Waals surface area contributed by atoms with Crippen LogP contribution in [0.5, 0.6) is 0 Å². The van der Waals surface area contributed by atoms with Crippen LogP contribution in [0.2, 0.25) is 0 Å². The predicted octanol–water partition coefficient (Wildman–Crippen LogP) is 3.05. The lowest BCUT2D eigenvalue weighted by Gasteiger charge is -2.20. The van der Waals surface area contributed by atoms with Gasteiger partial charge in [-0.3, -0.25) is 10.1 Å². The molecule has 1 amide bonds. The number of rotatable bonds is 9. The number of hydrogen-bond acceptors (Lipinski definition) is 9. The smallest absolute Gasteiger partial charge is 0.234 e. The molecule has 9 nitrogen and oxygen atoms in total. The zero-order chi connectivity index (χ0) is 21.5. The number of hydrogen-bond donors (Lipinski definition) is 2. The lowest BCUT2D eigenvalue weighted by molar-refractivity contribution is -0.115. The third-order valence-corrected chi connectivity index (χ3v) is 5.04. The van der Waals surface area contributed by atoms with Gasteiger partial charge in [0.05, 0.1) is 6.42 Å². The molecule has 10 heteroatoms. The number of thiazole rings is 1. The first-order valence-electron chi connectivity index (χ1n) is 9.54. The monoisotopic (exact) mass is 430 g/mol. The van der Waals surface area contributed by atoms with Crippen molar-refractivity contribution in [1.82, 2.24) is 24.8 Å². The molecule has 162 valence electrons. The fraction of sp³-hybridized carbons (Fsp3) is 0.350. The molecular formula is C20H30N8OS. The van der Waals surface area contributed by atoms with Gasteiger partial charge in [0.25, 0.3) is 0 Å². The van der Waals surface area contributed by atoms with E-state index >= 15 is 0 Å². The van der Waals surface area contributed by atoms with Gasteiger partial charge in [0, 0.05) is 39.8 Å². The molecule has 0 saturated carbocycles. The van der Waals surface area contributed by atoms with E-state index in [0.717, 1.165) is 23.7 Å². The van der Waals surface area contributed by atoms with E-state index in [4.69, 9.17) is 0 Å². The van der Waals surface area contributed by atoms with Crippen LogP contribution in [-0.2, 0) is 11.2 Å². The normalized spacial score (nSPS) is 10.8. The van der Waals surface area contributed by atoms with Crippen LogP contribution in [0.25, 0.3) is 0 Å². The van der Waals surface area contributed by atoms with Crippen LogP contribution >= 0.6 is 11.3 Å². The Balaban J connectivity index is 0.00000256. The summed E-state index contributed by atoms with van der Waals surface area (Å²) in [5.41, 5.74) is 0.775. The quantitative estimate of drug-likeness (QED) is 0.534. The van der Waals surface area contributed by atoms with E-state index in [-0.39, 0.29) is 15.2 Å². The number of likely N-dealkylation sites (N-methyl/N-ethyl adjacent to an activating group) is 2. The van der Waals surface area contributed by atoms with E-state index in [1.54, 1.807) is 6.20 Å². The van der Waals surface area contributed by atoms with Crippen molar-refractivity contribution in [2.45, 2.75) is 13.3 Å². The molecule has 3 rings (SSSR count). The molecule has 3 aromatic rings. The van der Waals surface area contributed by atoms with Crippen LogP contribution in [0, 0.1) is 6.92 Å². The standard InChI is InChI=1S/C20H26N8OS.2H2/c1-14-22-18(25-19(23-14)28(4)11-10-27(2)3)26-20-21-13-16(30-20)12-17(29)24-15-8-6-5-7-9-15;;/h5-9,13H,10-12H2,1-4H3,(H,24,29)(H,21,22,23,25,26);2*1H. The summed E-state index contributed by atoms with van der Waals surface area (Å²) in [5.74, 6) is 1.57. The first-order valence-corrected chi connectivity index (χ1v) is 10.4. The lowest BCUT2D eigenvalue weighted by atomic mass is 10.3. The van der Waals surface area contributed by atoms with E-state index in [2.05, 4.69) is 35.5 Å². The minimum absolute atomic E-state index is 0. The highest BCUT2D eigenvalue weighted by Gasteiger charge is 2.12. The Labute approximate surface area is 183 Å². The van der Waals surface area contributed by atoms with Crippen LogP contribution in [0.3, 0.4) is 0 Å². The maximum atomic E-state index is 12.2. The molecule has 0 unspecified atom stereocenters. The molecule has 0 aliphatic carbocycles. The number of anilines is 4. The van der Waals surface area contributed by atoms with Crippen molar-refractivity contribution < 1.29 is 7.65 Å². The molecule has 0 atom stereocenters. The number of benzene rings is 1. The van der Waals surface area contributed by atoms with Gasteiger partial charge >= 0.3 is 0 Å². The van der Waals surface area contributed by atoms with E-state index in [0.29, 0.717) is 22.9 Å². The summed E-state index contributed by atoms with van der Waals surface area (Å²) in [7, 11) is 6.01. The average molecular weight is 431 g/mol. The minimum Gasteiger partial charge on any atom is -0.342 e. The number of aromatic nitrogens is 4. The number of nitrogens with one attached hydrogen (secondary N) is 2. The van der Waals surface area contributed by atoms with Crippen LogP contribution in [-0.4, -0.2) is 65.0 Å². The van der Waals surface area contributed by atoms with Crippen molar-refractivity contribution in [1.29, 1.82) is 0 Å². The fourth-order valence-electron chi connectivity index (χ4n) is 2.57. The van der Waals surface area contributed by atoms with Gasteiger partial charge in [-0.25, -0.2) is 4.98 Å². The van der Waals surface area contributed by atoms with Crippen LogP contribution in [0.1, 0.15) is 13.6 Å². The van der Waals surface area contributed by atoms with Gasteiger partial charge in [0.1, 0.15) is 5.82 Å². The summed E-state index contributed by atoms with van der Waals surface area (Å²) in [6.45, 7) is 3.52. The number of amides is 1. The van der Waals surface area contributed by atoms with Gasteiger partial charge in [-0.1, -0.05) is 18.2 Å². The first kappa shape index (κ1) is 21.6. The van der Waals surface area contributed by atoms with Crippen LogP contribution < -0.4 is 15.5 Å². The molecule has 0 radical (unpaired) electrons. The maximum Gasteiger partial charge on any atom is 0.234 e. The van der Waals surface area contributed by atoms with E-state index in [1.807, 2.05) is 63.3 Å². The topological polar surface area (TPSA) is 99.2 Å². The number of para-hydroxylation sites is 1. The van der Waals surface area contributed by atoms with E-state index in [9.17, 15) is 4.79 Å². The SMILES string of the molecule is Cc1nc(Nc2ncc(CC(=O)Nc3ccccc3)s2)nc(N(C)CCN(C)C)n1.[HH].[HH]. The third-order valence-electron chi connectivity index (χ3n) is 4.12. The number of carbonyl (C=O) groups excluding carboxylic acids is 1. The molecule has 30 heavy (non-hydrogen) atoms. The zero-order valence-electron chi connectivity index (χ0n) is 17.6. The Hall–Kier alpha value is -3.11. The molecule has 2 aromatic heterocycles. The van der Waals surface area contributed by atoms with E-state index < -0.39 is 0 Å². The van der Waals surface area contributed by atoms with Gasteiger partial charge in [0.2, 0.25) is 17.8 Å². The Morgan fingerprint density at radius 1 is 1.10 bits per heavy atom. The molecule has 2 heterocycles. The molecule has 0 saturated heterocycles. The zero-order valence-corrected chi connectivity index (χ0v) is 18.4. The van der Waals surface area contributed by atoms with Gasteiger partial charge in [-0.15, -0.1) is 11.3 Å². The van der Waals surface area contributed by atoms with Crippen molar-refractivity contribution in [3.05, 3.63) is 47.2 Å². The Morgan fingerprint density at radius 2 is 1.87 bits per heavy atom. The molecular weight excluding hydrogens is 400 g/mol. The molecule has 0 bridgehead atoms. The van der Waals surface area contributed by atoms with Crippen molar-refractivity contribution in [2.24, 2.45) is 0 Å². The van der Waals surface area contributed by atoms with E-state index in [1.165, 1.54) is 11.3 Å². The van der Waals surface area contributed by atoms with Crippen molar-refractivity contribution in [3.8, 4) is 0 Å². The Morgan fingerprint density at radius 3 is 2.60 bits per heavy atom. The van der Waals surface area contributed by atoms with Crippen molar-refractivity contribution >= 4 is 40.0 Å². The fourth-order valence-corrected chi connectivity index (χ4v) is 3.38. The number of carbonyl (C=O) groups is 1. The van der Waals surface area contributed by atoms with Gasteiger partial charge < -0.3 is 15.1 Å². The second-order valence-corrected chi connectivity index (χ2v) is 8.19. The summed E-state index contributed by atoms with van der Waals surface area (Å²) >= 11 is 1.40. The largest absolute Gasteiger partial charge is 0.342 e. The van der Waals surface area contributed by atoms with Crippen LogP contribution in [0.4, 0.5) is 22.7 Å². The lowest BCUT2D eigenvalue weighted by Crippen LogP contribution is -2.30. The minimum atomic E-state index is -0.0859. The third kappa shape index (κ3) is 6.46. The highest BCUT2D eigenvalue weighted by molar-refractivity contribution is 7.15. The summed E-state index contributed by atoms with van der Waals surface area (Å²) in [6, 6.07) is 9.38. The van der Waals surface area contributed by atoms with Crippen LogP contribution in [0.15, 0.2) is 36.5 Å². The Bertz CT molecular complexity index is 987. The Kier molecular flexibility index (Phi) is 7.26. The molecule has 2 N–H and O–H groups in total. The number of aryl methyl sites for hydroxylation is 1. The van der Waals surface area contributed by atoms with Gasteiger partial charge in [-0.2, -0.15) is 15.0 Å². The highest BCUT2D eigenvalue weighted by atomic mass is 32.1. The second-order valence-electron chi connectivity index (χ2n) is 7.08. The molecule has 1 aromatic carbocycles. The predicted molar refractivity (Wildman–Crippen MR) is 125 cm³/mol. The average Bonchev–Trinajstić information content (AvgIpc) is 3.12. The maximum absolute atomic E-state index is 12.2. The summed E-state index contributed by atoms with van der Waals surface area (Å²) in [5, 5.41) is 6.63. The molecule has 0 fully saturated rings. The summed E-state index contributed by atoms with van der Waals surface area (Å²) < 4.78 is 0. The molecule has 0 spiro atoms. The van der Waals surface area contributed by atoms with Gasteiger partial charge in [0.15, 0.2) is 5.13 Å². The second kappa shape index (κ2) is 10.1. The first-order chi connectivity index (χ1) is 14.4. The molecule has 0 aliphatic heterocycles. The van der Waals surface area contributed by atoms with Crippen molar-refractivity contribution in [2.75, 3.05) is 49.8 Å². The summed E-state index contributed by atoms with van der Waals surface area (Å²) in [6.07, 6.45) is 1.94. The van der Waals surface area contributed by atoms with Crippen molar-refractivity contribution in [3.63, 3.8) is 0 Å². The molecule has 0 aliphatic rings. The van der Waals surface area contributed by atoms with Gasteiger partial charge in [-0.05, 0) is 33.2 Å². The number of nitrogens with zero attached hydrogens (tertiary/aromatic N) is 6. The highest BCUT2D eigenvalue weighted by Crippen LogP contribution is 2.22.